The van der Waals surface area contributed by atoms with Gasteiger partial charge in [-0.2, -0.15) is 0 Å². The molecule has 2 N–H and O–H groups in total. The molecule has 3 rings (SSSR count). The molecule has 2 aliphatic carbocycles. The Hall–Kier alpha value is -1.55. The number of nitrogens with one attached hydrogen (secondary N) is 1. The second-order valence-corrected chi connectivity index (χ2v) is 6.32. The van der Waals surface area contributed by atoms with E-state index in [4.69, 9.17) is 4.74 Å². The number of hydrogen-bond donors (Lipinski definition) is 2. The molecule has 4 atom stereocenters. The van der Waals surface area contributed by atoms with Crippen molar-refractivity contribution in [3.63, 3.8) is 0 Å². The van der Waals surface area contributed by atoms with Crippen LogP contribution in [0.4, 0.5) is 4.79 Å². The summed E-state index contributed by atoms with van der Waals surface area (Å²) in [5, 5.41) is 13.1. The summed E-state index contributed by atoms with van der Waals surface area (Å²) >= 11 is 0. The first-order valence-electron chi connectivity index (χ1n) is 7.87. The number of alkyl carbamates (subject to hydrolysis) is 1. The standard InChI is InChI=1S/C17H23NO3/c19-16-13-7-4-8-14(16)10-15(9-13)18-17(20)21-11-12-5-2-1-3-6-12/h1-3,5-6,13-16,19H,4,7-11H2,(H,18,20)/t13-,14+,15+,16?. The average molecular weight is 289 g/mol. The lowest BCUT2D eigenvalue weighted by Crippen LogP contribution is -2.48. The molecule has 1 amide bonds. The van der Waals surface area contributed by atoms with Crippen molar-refractivity contribution < 1.29 is 14.6 Å². The Bertz CT molecular complexity index is 462. The number of fused-ring (bicyclic) bond motifs is 2. The molecule has 4 nitrogen and oxygen atoms in total. The highest BCUT2D eigenvalue weighted by molar-refractivity contribution is 5.67. The minimum absolute atomic E-state index is 0.145. The first-order valence-corrected chi connectivity index (χ1v) is 7.87. The van der Waals surface area contributed by atoms with Gasteiger partial charge in [0.05, 0.1) is 6.10 Å². The summed E-state index contributed by atoms with van der Waals surface area (Å²) < 4.78 is 5.27. The lowest BCUT2D eigenvalue weighted by atomic mass is 9.68. The largest absolute Gasteiger partial charge is 0.445 e. The molecule has 114 valence electrons. The van der Waals surface area contributed by atoms with Gasteiger partial charge in [-0.3, -0.25) is 0 Å². The molecule has 0 saturated heterocycles. The zero-order valence-corrected chi connectivity index (χ0v) is 12.2. The van der Waals surface area contributed by atoms with Gasteiger partial charge < -0.3 is 15.2 Å². The molecule has 2 bridgehead atoms. The molecule has 0 spiro atoms. The van der Waals surface area contributed by atoms with Crippen LogP contribution in [0.2, 0.25) is 0 Å². The summed E-state index contributed by atoms with van der Waals surface area (Å²) in [4.78, 5) is 11.9. The Morgan fingerprint density at radius 1 is 1.19 bits per heavy atom. The van der Waals surface area contributed by atoms with Crippen molar-refractivity contribution in [1.29, 1.82) is 0 Å². The van der Waals surface area contributed by atoms with Crippen molar-refractivity contribution in [3.05, 3.63) is 35.9 Å². The number of carbonyl (C=O) groups excluding carboxylic acids is 1. The van der Waals surface area contributed by atoms with Crippen LogP contribution in [0, 0.1) is 11.8 Å². The van der Waals surface area contributed by atoms with Crippen molar-refractivity contribution in [2.24, 2.45) is 11.8 Å². The summed E-state index contributed by atoms with van der Waals surface area (Å²) in [5.41, 5.74) is 0.989. The fourth-order valence-electron chi connectivity index (χ4n) is 3.76. The second kappa shape index (κ2) is 6.48. The van der Waals surface area contributed by atoms with Crippen LogP contribution in [0.1, 0.15) is 37.7 Å². The summed E-state index contributed by atoms with van der Waals surface area (Å²) in [6.45, 7) is 0.300. The predicted octanol–water partition coefficient (Wildman–Crippen LogP) is 2.85. The lowest BCUT2D eigenvalue weighted by molar-refractivity contribution is -0.0251. The zero-order valence-electron chi connectivity index (χ0n) is 12.2. The van der Waals surface area contributed by atoms with Crippen LogP contribution < -0.4 is 5.32 Å². The first kappa shape index (κ1) is 14.4. The molecule has 1 unspecified atom stereocenters. The maximum absolute atomic E-state index is 11.9. The monoisotopic (exact) mass is 289 g/mol. The molecule has 0 heterocycles. The summed E-state index contributed by atoms with van der Waals surface area (Å²) in [6.07, 6.45) is 4.59. The Balaban J connectivity index is 1.47. The summed E-state index contributed by atoms with van der Waals surface area (Å²) in [7, 11) is 0. The normalized spacial score (nSPS) is 31.5. The van der Waals surface area contributed by atoms with E-state index in [1.165, 1.54) is 6.42 Å². The van der Waals surface area contributed by atoms with Crippen LogP contribution in [0.25, 0.3) is 0 Å². The fraction of sp³-hybridized carbons (Fsp3) is 0.588. The van der Waals surface area contributed by atoms with E-state index in [9.17, 15) is 9.90 Å². The Morgan fingerprint density at radius 2 is 1.86 bits per heavy atom. The fourth-order valence-corrected chi connectivity index (χ4v) is 3.76. The maximum Gasteiger partial charge on any atom is 0.407 e. The van der Waals surface area contributed by atoms with Gasteiger partial charge >= 0.3 is 6.09 Å². The molecule has 2 fully saturated rings. The smallest absolute Gasteiger partial charge is 0.407 e. The number of ether oxygens (including phenoxy) is 1. The van der Waals surface area contributed by atoms with Crippen LogP contribution in [0.3, 0.4) is 0 Å². The third-order valence-electron chi connectivity index (χ3n) is 4.83. The molecule has 21 heavy (non-hydrogen) atoms. The van der Waals surface area contributed by atoms with Crippen molar-refractivity contribution in [1.82, 2.24) is 5.32 Å². The van der Waals surface area contributed by atoms with Gasteiger partial charge in [0.2, 0.25) is 0 Å². The molecule has 0 radical (unpaired) electrons. The van der Waals surface area contributed by atoms with E-state index in [0.29, 0.717) is 18.4 Å². The van der Waals surface area contributed by atoms with E-state index < -0.39 is 0 Å². The maximum atomic E-state index is 11.9. The van der Waals surface area contributed by atoms with E-state index in [1.807, 2.05) is 30.3 Å². The molecular formula is C17H23NO3. The third-order valence-corrected chi connectivity index (χ3v) is 4.83. The van der Waals surface area contributed by atoms with E-state index in [0.717, 1.165) is 31.2 Å². The molecule has 2 aliphatic rings. The highest BCUT2D eigenvalue weighted by Gasteiger charge is 2.39. The van der Waals surface area contributed by atoms with Gasteiger partial charge in [0, 0.05) is 6.04 Å². The number of rotatable bonds is 3. The molecule has 0 aromatic heterocycles. The highest BCUT2D eigenvalue weighted by Crippen LogP contribution is 2.40. The molecule has 1 aromatic rings. The summed E-state index contributed by atoms with van der Waals surface area (Å²) in [6, 6.07) is 9.83. The van der Waals surface area contributed by atoms with E-state index >= 15 is 0 Å². The first-order chi connectivity index (χ1) is 10.2. The Morgan fingerprint density at radius 3 is 2.52 bits per heavy atom. The topological polar surface area (TPSA) is 58.6 Å². The minimum Gasteiger partial charge on any atom is -0.445 e. The quantitative estimate of drug-likeness (QED) is 0.899. The van der Waals surface area contributed by atoms with Crippen LogP contribution in [0.5, 0.6) is 0 Å². The summed E-state index contributed by atoms with van der Waals surface area (Å²) in [5.74, 6) is 0.689. The van der Waals surface area contributed by atoms with Crippen molar-refractivity contribution in [2.75, 3.05) is 0 Å². The number of aliphatic hydroxyl groups is 1. The van der Waals surface area contributed by atoms with E-state index in [1.54, 1.807) is 0 Å². The van der Waals surface area contributed by atoms with E-state index in [2.05, 4.69) is 5.32 Å². The highest BCUT2D eigenvalue weighted by atomic mass is 16.5. The van der Waals surface area contributed by atoms with Gasteiger partial charge in [0.1, 0.15) is 6.61 Å². The van der Waals surface area contributed by atoms with Gasteiger partial charge in [0.15, 0.2) is 0 Å². The molecule has 0 aliphatic heterocycles. The van der Waals surface area contributed by atoms with Crippen molar-refractivity contribution >= 4 is 6.09 Å². The van der Waals surface area contributed by atoms with Gasteiger partial charge in [0.25, 0.3) is 0 Å². The zero-order chi connectivity index (χ0) is 14.7. The third kappa shape index (κ3) is 3.56. The van der Waals surface area contributed by atoms with Crippen LogP contribution >= 0.6 is 0 Å². The predicted molar refractivity (Wildman–Crippen MR) is 79.6 cm³/mol. The van der Waals surface area contributed by atoms with Gasteiger partial charge in [-0.15, -0.1) is 0 Å². The molecular weight excluding hydrogens is 266 g/mol. The van der Waals surface area contributed by atoms with Crippen molar-refractivity contribution in [3.8, 4) is 0 Å². The van der Waals surface area contributed by atoms with Crippen LogP contribution in [0.15, 0.2) is 30.3 Å². The van der Waals surface area contributed by atoms with Gasteiger partial charge in [-0.05, 0) is 43.1 Å². The minimum atomic E-state index is -0.349. The lowest BCUT2D eigenvalue weighted by Gasteiger charge is -2.43. The van der Waals surface area contributed by atoms with Crippen molar-refractivity contribution in [2.45, 2.75) is 50.9 Å². The van der Waals surface area contributed by atoms with E-state index in [-0.39, 0.29) is 18.2 Å². The Kier molecular flexibility index (Phi) is 4.44. The second-order valence-electron chi connectivity index (χ2n) is 6.32. The SMILES string of the molecule is O=C(N[C@H]1C[C@H]2CCC[C@@H](C1)C2O)OCc1ccccc1. The van der Waals surface area contributed by atoms with Gasteiger partial charge in [-0.25, -0.2) is 4.79 Å². The van der Waals surface area contributed by atoms with Crippen LogP contribution in [-0.4, -0.2) is 23.3 Å². The average Bonchev–Trinajstić information content (AvgIpc) is 2.47. The number of amides is 1. The molecule has 2 saturated carbocycles. The molecule has 4 heteroatoms. The Labute approximate surface area is 125 Å². The molecule has 1 aromatic carbocycles. The van der Waals surface area contributed by atoms with Crippen LogP contribution in [-0.2, 0) is 11.3 Å². The number of benzene rings is 1. The number of hydrogen-bond acceptors (Lipinski definition) is 3. The number of aliphatic hydroxyl groups excluding tert-OH is 1. The van der Waals surface area contributed by atoms with Gasteiger partial charge in [-0.1, -0.05) is 36.8 Å². The number of carbonyl (C=O) groups is 1.